The van der Waals surface area contributed by atoms with Crippen molar-refractivity contribution in [3.8, 4) is 5.75 Å². The van der Waals surface area contributed by atoms with Crippen molar-refractivity contribution >= 4 is 17.6 Å². The Bertz CT molecular complexity index is 1110. The Morgan fingerprint density at radius 2 is 1.38 bits per heavy atom. The van der Waals surface area contributed by atoms with Gasteiger partial charge in [0.1, 0.15) is 18.4 Å². The van der Waals surface area contributed by atoms with Crippen molar-refractivity contribution in [1.82, 2.24) is 10.3 Å². The molecule has 0 saturated carbocycles. The largest absolute Gasteiger partial charge is 0.490 e. The van der Waals surface area contributed by atoms with Crippen LogP contribution in [0.25, 0.3) is 0 Å². The minimum absolute atomic E-state index is 0.0168. The lowest BCUT2D eigenvalue weighted by molar-refractivity contribution is -0.144. The molecule has 4 aromatic rings. The summed E-state index contributed by atoms with van der Waals surface area (Å²) in [6, 6.07) is 30.9. The first-order valence-corrected chi connectivity index (χ1v) is 11.3. The molecule has 0 aliphatic carbocycles. The van der Waals surface area contributed by atoms with Crippen LogP contribution in [0, 0.1) is 0 Å². The third kappa shape index (κ3) is 5.11. The third-order valence-corrected chi connectivity index (χ3v) is 5.80. The first-order valence-electron chi connectivity index (χ1n) is 10.9. The van der Waals surface area contributed by atoms with Gasteiger partial charge in [0.05, 0.1) is 23.9 Å². The van der Waals surface area contributed by atoms with E-state index in [1.165, 1.54) is 13.3 Å². The Labute approximate surface area is 204 Å². The predicted octanol–water partition coefficient (Wildman–Crippen LogP) is 5.24. The highest BCUT2D eigenvalue weighted by atomic mass is 35.5. The minimum Gasteiger partial charge on any atom is -0.490 e. The zero-order valence-corrected chi connectivity index (χ0v) is 19.5. The SMILES string of the molecule is COC(=O)C(COc1cncc(Cl)c1)NC(c1ccccc1)(c1ccccc1)c1ccccc1. The lowest BCUT2D eigenvalue weighted by Crippen LogP contribution is -2.55. The van der Waals surface area contributed by atoms with Gasteiger partial charge in [-0.15, -0.1) is 0 Å². The van der Waals surface area contributed by atoms with E-state index in [2.05, 4.69) is 10.3 Å². The van der Waals surface area contributed by atoms with Crippen LogP contribution < -0.4 is 10.1 Å². The topological polar surface area (TPSA) is 60.5 Å². The molecule has 4 rings (SSSR count). The van der Waals surface area contributed by atoms with Crippen LogP contribution in [-0.2, 0) is 15.1 Å². The van der Waals surface area contributed by atoms with Crippen LogP contribution in [0.2, 0.25) is 5.02 Å². The van der Waals surface area contributed by atoms with E-state index in [-0.39, 0.29) is 6.61 Å². The molecular weight excluding hydrogens is 448 g/mol. The van der Waals surface area contributed by atoms with Crippen LogP contribution in [0.3, 0.4) is 0 Å². The monoisotopic (exact) mass is 472 g/mol. The molecule has 1 unspecified atom stereocenters. The standard InChI is InChI=1S/C28H25ClN2O3/c1-33-27(32)26(20-34-25-17-24(29)18-30-19-25)31-28(21-11-5-2-6-12-21,22-13-7-3-8-14-22)23-15-9-4-10-16-23/h2-19,26,31H,20H2,1H3. The number of carbonyl (C=O) groups is 1. The highest BCUT2D eigenvalue weighted by Gasteiger charge is 2.40. The van der Waals surface area contributed by atoms with Gasteiger partial charge in [0.25, 0.3) is 0 Å². The molecular formula is C28H25ClN2O3. The van der Waals surface area contributed by atoms with E-state index in [1.807, 2.05) is 91.0 Å². The molecule has 0 amide bonds. The van der Waals surface area contributed by atoms with E-state index in [0.717, 1.165) is 16.7 Å². The minimum atomic E-state index is -0.849. The van der Waals surface area contributed by atoms with Crippen LogP contribution >= 0.6 is 11.6 Å². The molecule has 1 atom stereocenters. The van der Waals surface area contributed by atoms with Gasteiger partial charge in [-0.2, -0.15) is 0 Å². The number of methoxy groups -OCH3 is 1. The van der Waals surface area contributed by atoms with E-state index < -0.39 is 17.6 Å². The Kier molecular flexibility index (Phi) is 7.58. The lowest BCUT2D eigenvalue weighted by Gasteiger charge is -2.39. The first kappa shape index (κ1) is 23.5. The van der Waals surface area contributed by atoms with Gasteiger partial charge in [-0.3, -0.25) is 15.1 Å². The number of esters is 1. The Morgan fingerprint density at radius 1 is 0.882 bits per heavy atom. The number of aromatic nitrogens is 1. The highest BCUT2D eigenvalue weighted by molar-refractivity contribution is 6.30. The van der Waals surface area contributed by atoms with Crippen molar-refractivity contribution in [3.05, 3.63) is 131 Å². The second-order valence-corrected chi connectivity index (χ2v) is 8.15. The Morgan fingerprint density at radius 3 is 1.82 bits per heavy atom. The fourth-order valence-corrected chi connectivity index (χ4v) is 4.20. The Hall–Kier alpha value is -3.67. The Balaban J connectivity index is 1.82. The molecule has 0 spiro atoms. The number of carbonyl (C=O) groups excluding carboxylic acids is 1. The van der Waals surface area contributed by atoms with Gasteiger partial charge in [-0.25, -0.2) is 0 Å². The summed E-state index contributed by atoms with van der Waals surface area (Å²) in [7, 11) is 1.37. The highest BCUT2D eigenvalue weighted by Crippen LogP contribution is 2.37. The molecule has 1 aromatic heterocycles. The molecule has 172 valence electrons. The van der Waals surface area contributed by atoms with Crippen molar-refractivity contribution < 1.29 is 14.3 Å². The van der Waals surface area contributed by atoms with Crippen LogP contribution in [0.5, 0.6) is 5.75 Å². The summed E-state index contributed by atoms with van der Waals surface area (Å²) in [5.41, 5.74) is 2.08. The van der Waals surface area contributed by atoms with E-state index in [1.54, 1.807) is 12.3 Å². The molecule has 0 bridgehead atoms. The van der Waals surface area contributed by atoms with E-state index >= 15 is 0 Å². The van der Waals surface area contributed by atoms with Crippen LogP contribution in [-0.4, -0.2) is 30.7 Å². The zero-order chi connectivity index (χ0) is 23.8. The molecule has 0 radical (unpaired) electrons. The van der Waals surface area contributed by atoms with Crippen molar-refractivity contribution in [2.75, 3.05) is 13.7 Å². The van der Waals surface area contributed by atoms with Crippen molar-refractivity contribution in [3.63, 3.8) is 0 Å². The maximum atomic E-state index is 13.0. The first-order chi connectivity index (χ1) is 16.6. The van der Waals surface area contributed by atoms with Gasteiger partial charge in [-0.1, -0.05) is 103 Å². The molecule has 6 heteroatoms. The van der Waals surface area contributed by atoms with Crippen molar-refractivity contribution in [2.45, 2.75) is 11.6 Å². The summed E-state index contributed by atoms with van der Waals surface area (Å²) in [5.74, 6) is 0.0232. The average Bonchev–Trinajstić information content (AvgIpc) is 2.90. The lowest BCUT2D eigenvalue weighted by atomic mass is 9.76. The number of pyridine rings is 1. The number of halogens is 1. The van der Waals surface area contributed by atoms with Crippen molar-refractivity contribution in [2.24, 2.45) is 0 Å². The van der Waals surface area contributed by atoms with Gasteiger partial charge in [-0.05, 0) is 16.7 Å². The molecule has 0 aliphatic rings. The smallest absolute Gasteiger partial charge is 0.326 e. The third-order valence-electron chi connectivity index (χ3n) is 5.59. The van der Waals surface area contributed by atoms with Gasteiger partial charge < -0.3 is 9.47 Å². The molecule has 0 fully saturated rings. The second-order valence-electron chi connectivity index (χ2n) is 7.72. The van der Waals surface area contributed by atoms with Crippen LogP contribution in [0.15, 0.2) is 109 Å². The second kappa shape index (κ2) is 11.0. The molecule has 0 saturated heterocycles. The normalized spacial score (nSPS) is 12.1. The van der Waals surface area contributed by atoms with Crippen LogP contribution in [0.4, 0.5) is 0 Å². The van der Waals surface area contributed by atoms with Gasteiger partial charge in [0.2, 0.25) is 0 Å². The number of hydrogen-bond donors (Lipinski definition) is 1. The molecule has 34 heavy (non-hydrogen) atoms. The van der Waals surface area contributed by atoms with E-state index in [0.29, 0.717) is 10.8 Å². The zero-order valence-electron chi connectivity index (χ0n) is 18.7. The number of nitrogens with zero attached hydrogens (tertiary/aromatic N) is 1. The number of nitrogens with one attached hydrogen (secondary N) is 1. The number of rotatable bonds is 9. The molecule has 1 heterocycles. The number of ether oxygens (including phenoxy) is 2. The quantitative estimate of drug-likeness (QED) is 0.267. The van der Waals surface area contributed by atoms with Gasteiger partial charge in [0.15, 0.2) is 0 Å². The fourth-order valence-electron chi connectivity index (χ4n) is 4.04. The summed E-state index contributed by atoms with van der Waals surface area (Å²) in [6.45, 7) is 0.0168. The van der Waals surface area contributed by atoms with E-state index in [4.69, 9.17) is 21.1 Å². The van der Waals surface area contributed by atoms with E-state index in [9.17, 15) is 4.79 Å². The average molecular weight is 473 g/mol. The fraction of sp³-hybridized carbons (Fsp3) is 0.143. The number of hydrogen-bond acceptors (Lipinski definition) is 5. The van der Waals surface area contributed by atoms with Gasteiger partial charge in [0, 0.05) is 12.3 Å². The maximum absolute atomic E-state index is 13.0. The molecule has 3 aromatic carbocycles. The van der Waals surface area contributed by atoms with Crippen molar-refractivity contribution in [1.29, 1.82) is 0 Å². The molecule has 5 nitrogen and oxygen atoms in total. The van der Waals surface area contributed by atoms with Gasteiger partial charge >= 0.3 is 5.97 Å². The summed E-state index contributed by atoms with van der Waals surface area (Å²) in [4.78, 5) is 17.0. The summed E-state index contributed by atoms with van der Waals surface area (Å²) in [5, 5.41) is 4.05. The summed E-state index contributed by atoms with van der Waals surface area (Å²) < 4.78 is 11.1. The molecule has 0 aliphatic heterocycles. The molecule has 1 N–H and O–H groups in total. The van der Waals surface area contributed by atoms with Crippen LogP contribution in [0.1, 0.15) is 16.7 Å². The maximum Gasteiger partial charge on any atom is 0.326 e. The summed E-state index contributed by atoms with van der Waals surface area (Å²) >= 11 is 6.05. The number of benzene rings is 3. The predicted molar refractivity (Wildman–Crippen MR) is 133 cm³/mol. The summed E-state index contributed by atoms with van der Waals surface area (Å²) in [6.07, 6.45) is 3.08.